The number of fused-ring (bicyclic) bond motifs is 1. The molecule has 0 radical (unpaired) electrons. The number of rotatable bonds is 4. The summed E-state index contributed by atoms with van der Waals surface area (Å²) >= 11 is 7.70. The highest BCUT2D eigenvalue weighted by molar-refractivity contribution is 7.99. The summed E-state index contributed by atoms with van der Waals surface area (Å²) in [7, 11) is 0. The van der Waals surface area contributed by atoms with Gasteiger partial charge in [0.2, 0.25) is 11.8 Å². The highest BCUT2D eigenvalue weighted by Gasteiger charge is 2.21. The van der Waals surface area contributed by atoms with Crippen LogP contribution in [0.25, 0.3) is 16.6 Å². The Morgan fingerprint density at radius 2 is 1.89 bits per heavy atom. The zero-order chi connectivity index (χ0) is 19.8. The number of hydrogen-bond donors (Lipinski definition) is 0. The molecular weight excluding hydrogens is 396 g/mol. The second-order valence-electron chi connectivity index (χ2n) is 6.36. The lowest BCUT2D eigenvalue weighted by Crippen LogP contribution is -2.22. The monoisotopic (exact) mass is 412 g/mol. The molecule has 4 rings (SSSR count). The summed E-state index contributed by atoms with van der Waals surface area (Å²) in [4.78, 5) is 18.1. The molecule has 0 bridgehead atoms. The molecule has 0 aliphatic carbocycles. The number of hydrogen-bond acceptors (Lipinski definition) is 6. The number of aryl methyl sites for hydroxylation is 1. The van der Waals surface area contributed by atoms with E-state index in [1.54, 1.807) is 23.6 Å². The molecule has 0 saturated carbocycles. The van der Waals surface area contributed by atoms with Crippen molar-refractivity contribution in [2.24, 2.45) is 0 Å². The van der Waals surface area contributed by atoms with Gasteiger partial charge in [-0.1, -0.05) is 41.6 Å². The molecule has 0 amide bonds. The van der Waals surface area contributed by atoms with Crippen LogP contribution in [0.4, 0.5) is 0 Å². The van der Waals surface area contributed by atoms with Gasteiger partial charge in [-0.25, -0.2) is 4.98 Å². The van der Waals surface area contributed by atoms with Crippen LogP contribution in [-0.2, 0) is 0 Å². The quantitative estimate of drug-likeness (QED) is 0.351. The van der Waals surface area contributed by atoms with E-state index < -0.39 is 0 Å². The molecule has 0 aliphatic heterocycles. The van der Waals surface area contributed by atoms with Crippen LogP contribution in [0.2, 0.25) is 5.02 Å². The van der Waals surface area contributed by atoms with Crippen molar-refractivity contribution < 1.29 is 4.42 Å². The van der Waals surface area contributed by atoms with Crippen LogP contribution in [0.1, 0.15) is 29.5 Å². The van der Waals surface area contributed by atoms with Crippen LogP contribution in [0.3, 0.4) is 0 Å². The second kappa shape index (κ2) is 7.41. The van der Waals surface area contributed by atoms with Crippen LogP contribution in [0.15, 0.2) is 56.8 Å². The third-order valence-electron chi connectivity index (χ3n) is 4.40. The fourth-order valence-electron chi connectivity index (χ4n) is 2.93. The van der Waals surface area contributed by atoms with Crippen molar-refractivity contribution in [1.82, 2.24) is 19.7 Å². The number of benzene rings is 2. The van der Waals surface area contributed by atoms with E-state index in [4.69, 9.17) is 21.0 Å². The van der Waals surface area contributed by atoms with Crippen molar-refractivity contribution in [3.05, 3.63) is 75.2 Å². The van der Waals surface area contributed by atoms with Gasteiger partial charge in [0.05, 0.1) is 21.8 Å². The Morgan fingerprint density at radius 3 is 2.64 bits per heavy atom. The van der Waals surface area contributed by atoms with E-state index in [1.807, 2.05) is 44.2 Å². The van der Waals surface area contributed by atoms with Crippen LogP contribution in [0.5, 0.6) is 0 Å². The van der Waals surface area contributed by atoms with E-state index >= 15 is 0 Å². The standard InChI is InChI=1S/C20H17ClN4O2S/c1-11-15(21)8-6-10-17(11)25-19(26)14-7-4-5-9-16(14)22-20(25)28-12(2)18-24-23-13(3)27-18/h4-10,12H,1-3H3. The normalized spacial score (nSPS) is 12.4. The average molecular weight is 413 g/mol. The fourth-order valence-corrected chi connectivity index (χ4v) is 4.05. The highest BCUT2D eigenvalue weighted by Crippen LogP contribution is 2.35. The summed E-state index contributed by atoms with van der Waals surface area (Å²) in [5, 5.41) is 9.47. The van der Waals surface area contributed by atoms with Gasteiger partial charge in [0, 0.05) is 11.9 Å². The van der Waals surface area contributed by atoms with Crippen molar-refractivity contribution in [3.8, 4) is 5.69 Å². The van der Waals surface area contributed by atoms with E-state index in [0.717, 1.165) is 5.56 Å². The fraction of sp³-hybridized carbons (Fsp3) is 0.200. The zero-order valence-corrected chi connectivity index (χ0v) is 17.1. The van der Waals surface area contributed by atoms with Gasteiger partial charge in [-0.2, -0.15) is 0 Å². The molecule has 6 nitrogen and oxygen atoms in total. The van der Waals surface area contributed by atoms with Crippen LogP contribution < -0.4 is 5.56 Å². The molecule has 142 valence electrons. The summed E-state index contributed by atoms with van der Waals surface area (Å²) in [5.74, 6) is 0.983. The number of nitrogens with zero attached hydrogens (tertiary/aromatic N) is 4. The van der Waals surface area contributed by atoms with E-state index in [1.165, 1.54) is 11.8 Å². The molecule has 2 heterocycles. The van der Waals surface area contributed by atoms with Gasteiger partial charge in [-0.15, -0.1) is 10.2 Å². The maximum absolute atomic E-state index is 13.4. The number of halogens is 1. The van der Waals surface area contributed by atoms with Crippen LogP contribution in [-0.4, -0.2) is 19.7 Å². The van der Waals surface area contributed by atoms with Gasteiger partial charge >= 0.3 is 0 Å². The average Bonchev–Trinajstić information content (AvgIpc) is 3.12. The molecule has 0 aliphatic rings. The Hall–Kier alpha value is -2.64. The molecule has 1 unspecified atom stereocenters. The van der Waals surface area contributed by atoms with Gasteiger partial charge in [0.15, 0.2) is 5.16 Å². The van der Waals surface area contributed by atoms with Gasteiger partial charge < -0.3 is 4.42 Å². The minimum Gasteiger partial charge on any atom is -0.424 e. The van der Waals surface area contributed by atoms with Crippen LogP contribution in [0, 0.1) is 13.8 Å². The minimum absolute atomic E-state index is 0.146. The summed E-state index contributed by atoms with van der Waals surface area (Å²) in [6.45, 7) is 5.57. The van der Waals surface area contributed by atoms with Gasteiger partial charge in [0.25, 0.3) is 5.56 Å². The summed E-state index contributed by atoms with van der Waals surface area (Å²) < 4.78 is 7.15. The van der Waals surface area contributed by atoms with Gasteiger partial charge in [-0.3, -0.25) is 9.36 Å². The molecule has 1 atom stereocenters. The number of thioether (sulfide) groups is 1. The Morgan fingerprint density at radius 1 is 1.11 bits per heavy atom. The first-order valence-corrected chi connectivity index (χ1v) is 9.95. The predicted octanol–water partition coefficient (Wildman–Crippen LogP) is 4.89. The molecule has 28 heavy (non-hydrogen) atoms. The third-order valence-corrected chi connectivity index (χ3v) is 5.85. The molecule has 0 N–H and O–H groups in total. The largest absolute Gasteiger partial charge is 0.424 e. The Balaban J connectivity index is 1.93. The Bertz CT molecular complexity index is 1230. The Kier molecular flexibility index (Phi) is 4.95. The summed E-state index contributed by atoms with van der Waals surface area (Å²) in [5.41, 5.74) is 2.01. The van der Waals surface area contributed by atoms with Crippen molar-refractivity contribution >= 4 is 34.3 Å². The molecular formula is C20H17ClN4O2S. The molecule has 4 aromatic rings. The first-order chi connectivity index (χ1) is 13.5. The maximum atomic E-state index is 13.4. The number of para-hydroxylation sites is 1. The molecule has 2 aromatic carbocycles. The lowest BCUT2D eigenvalue weighted by molar-refractivity contribution is 0.470. The molecule has 0 saturated heterocycles. The lowest BCUT2D eigenvalue weighted by Gasteiger charge is -2.17. The van der Waals surface area contributed by atoms with Crippen molar-refractivity contribution in [2.45, 2.75) is 31.2 Å². The van der Waals surface area contributed by atoms with Crippen molar-refractivity contribution in [3.63, 3.8) is 0 Å². The van der Waals surface area contributed by atoms with Gasteiger partial charge in [-0.05, 0) is 43.7 Å². The topological polar surface area (TPSA) is 73.8 Å². The van der Waals surface area contributed by atoms with E-state index in [2.05, 4.69) is 10.2 Å². The Labute approximate surface area is 170 Å². The second-order valence-corrected chi connectivity index (χ2v) is 8.07. The van der Waals surface area contributed by atoms with Crippen LogP contribution >= 0.6 is 23.4 Å². The van der Waals surface area contributed by atoms with E-state index in [0.29, 0.717) is 38.6 Å². The third kappa shape index (κ3) is 3.31. The van der Waals surface area contributed by atoms with E-state index in [9.17, 15) is 4.79 Å². The maximum Gasteiger partial charge on any atom is 0.266 e. The first kappa shape index (κ1) is 18.7. The molecule has 8 heteroatoms. The summed E-state index contributed by atoms with van der Waals surface area (Å²) in [6, 6.07) is 12.8. The van der Waals surface area contributed by atoms with Gasteiger partial charge in [0.1, 0.15) is 0 Å². The molecule has 0 spiro atoms. The number of aromatic nitrogens is 4. The highest BCUT2D eigenvalue weighted by atomic mass is 35.5. The first-order valence-electron chi connectivity index (χ1n) is 8.69. The van der Waals surface area contributed by atoms with Crippen molar-refractivity contribution in [1.29, 1.82) is 0 Å². The SMILES string of the molecule is Cc1nnc(C(C)Sc2nc3ccccc3c(=O)n2-c2cccc(Cl)c2C)o1. The zero-order valence-electron chi connectivity index (χ0n) is 15.5. The summed E-state index contributed by atoms with van der Waals surface area (Å²) in [6.07, 6.45) is 0. The molecule has 0 fully saturated rings. The predicted molar refractivity (Wildman–Crippen MR) is 110 cm³/mol. The minimum atomic E-state index is -0.181. The molecule has 2 aromatic heterocycles. The smallest absolute Gasteiger partial charge is 0.266 e. The van der Waals surface area contributed by atoms with Crippen molar-refractivity contribution in [2.75, 3.05) is 0 Å². The van der Waals surface area contributed by atoms with E-state index in [-0.39, 0.29) is 10.8 Å². The lowest BCUT2D eigenvalue weighted by atomic mass is 10.2.